The average Bonchev–Trinajstić information content (AvgIpc) is 2.97. The highest BCUT2D eigenvalue weighted by molar-refractivity contribution is 7.92. The number of nitrogens with one attached hydrogen (secondary N) is 1. The van der Waals surface area contributed by atoms with Gasteiger partial charge in [-0.2, -0.15) is 0 Å². The van der Waals surface area contributed by atoms with Crippen LogP contribution in [-0.4, -0.2) is 64.0 Å². The van der Waals surface area contributed by atoms with Gasteiger partial charge in [-0.05, 0) is 75.6 Å². The minimum atomic E-state index is -4.30. The number of anilines is 1. The van der Waals surface area contributed by atoms with E-state index in [1.54, 1.807) is 12.1 Å². The minimum absolute atomic E-state index is 0.0961. The number of hydrogen-bond donors (Lipinski definition) is 1. The molecule has 0 aliphatic heterocycles. The van der Waals surface area contributed by atoms with Gasteiger partial charge < -0.3 is 19.7 Å². The third kappa shape index (κ3) is 8.87. The summed E-state index contributed by atoms with van der Waals surface area (Å²) in [6, 6.07) is 19.2. The predicted molar refractivity (Wildman–Crippen MR) is 169 cm³/mol. The first-order valence-electron chi connectivity index (χ1n) is 14.0. The van der Waals surface area contributed by atoms with Gasteiger partial charge in [-0.15, -0.1) is 0 Å². The number of rotatable bonds is 13. The van der Waals surface area contributed by atoms with Crippen molar-refractivity contribution in [2.24, 2.45) is 0 Å². The van der Waals surface area contributed by atoms with E-state index in [0.717, 1.165) is 9.87 Å². The van der Waals surface area contributed by atoms with E-state index >= 15 is 0 Å². The standard InChI is InChI=1S/C32H40ClN3O6S/c1-7-27(31(38)34-32(2,3)4)35(20-19-23-11-9-8-10-12-23)30(37)22-36(25-15-13-24(33)14-16-25)43(39,40)26-17-18-28(41-5)29(21-26)42-6/h8-18,21,27H,7,19-20,22H2,1-6H3,(H,34,38)/t27-/m0/s1. The van der Waals surface area contributed by atoms with Crippen LogP contribution in [0.2, 0.25) is 5.02 Å². The summed E-state index contributed by atoms with van der Waals surface area (Å²) in [5.41, 5.74) is 0.701. The SMILES string of the molecule is CC[C@@H](C(=O)NC(C)(C)C)N(CCc1ccccc1)C(=O)CN(c1ccc(Cl)cc1)S(=O)(=O)c1ccc(OC)c(OC)c1. The second-order valence-electron chi connectivity index (χ2n) is 11.0. The molecule has 0 fully saturated rings. The lowest BCUT2D eigenvalue weighted by molar-refractivity contribution is -0.140. The van der Waals surface area contributed by atoms with Gasteiger partial charge in [0.15, 0.2) is 11.5 Å². The van der Waals surface area contributed by atoms with Gasteiger partial charge in [0.1, 0.15) is 12.6 Å². The van der Waals surface area contributed by atoms with Crippen molar-refractivity contribution < 1.29 is 27.5 Å². The van der Waals surface area contributed by atoms with Crippen molar-refractivity contribution >= 4 is 39.1 Å². The van der Waals surface area contributed by atoms with Gasteiger partial charge in [-0.25, -0.2) is 8.42 Å². The van der Waals surface area contributed by atoms with Crippen LogP contribution in [0.15, 0.2) is 77.7 Å². The predicted octanol–water partition coefficient (Wildman–Crippen LogP) is 5.32. The number of ether oxygens (including phenoxy) is 2. The molecule has 0 aliphatic rings. The molecule has 0 aromatic heterocycles. The molecule has 232 valence electrons. The molecule has 0 saturated carbocycles. The first-order valence-corrected chi connectivity index (χ1v) is 15.8. The van der Waals surface area contributed by atoms with Crippen LogP contribution in [0.4, 0.5) is 5.69 Å². The average molecular weight is 630 g/mol. The molecule has 1 atom stereocenters. The van der Waals surface area contributed by atoms with Gasteiger partial charge in [-0.3, -0.25) is 13.9 Å². The van der Waals surface area contributed by atoms with Gasteiger partial charge in [0.2, 0.25) is 11.8 Å². The first-order chi connectivity index (χ1) is 20.3. The van der Waals surface area contributed by atoms with E-state index in [2.05, 4.69) is 5.32 Å². The molecule has 2 amide bonds. The molecule has 0 aliphatic carbocycles. The van der Waals surface area contributed by atoms with Crippen molar-refractivity contribution in [3.63, 3.8) is 0 Å². The lowest BCUT2D eigenvalue weighted by Crippen LogP contribution is -2.56. The topological polar surface area (TPSA) is 105 Å². The largest absolute Gasteiger partial charge is 0.493 e. The number of nitrogens with zero attached hydrogens (tertiary/aromatic N) is 2. The van der Waals surface area contributed by atoms with E-state index in [-0.39, 0.29) is 28.8 Å². The lowest BCUT2D eigenvalue weighted by atomic mass is 10.1. The van der Waals surface area contributed by atoms with Crippen molar-refractivity contribution in [2.75, 3.05) is 31.6 Å². The molecule has 0 heterocycles. The molecular weight excluding hydrogens is 590 g/mol. The Hall–Kier alpha value is -3.76. The van der Waals surface area contributed by atoms with E-state index in [1.807, 2.05) is 58.0 Å². The van der Waals surface area contributed by atoms with E-state index in [9.17, 15) is 18.0 Å². The summed E-state index contributed by atoms with van der Waals surface area (Å²) in [6.07, 6.45) is 0.821. The molecule has 9 nitrogen and oxygen atoms in total. The summed E-state index contributed by atoms with van der Waals surface area (Å²) >= 11 is 6.11. The maximum absolute atomic E-state index is 14.2. The molecule has 1 N–H and O–H groups in total. The fourth-order valence-electron chi connectivity index (χ4n) is 4.59. The van der Waals surface area contributed by atoms with Crippen LogP contribution in [0.5, 0.6) is 11.5 Å². The van der Waals surface area contributed by atoms with Crippen LogP contribution in [-0.2, 0) is 26.0 Å². The Kier molecular flexibility index (Phi) is 11.5. The molecule has 0 saturated heterocycles. The Labute approximate surface area is 259 Å². The van der Waals surface area contributed by atoms with Crippen LogP contribution >= 0.6 is 11.6 Å². The molecule has 0 spiro atoms. The van der Waals surface area contributed by atoms with E-state index in [4.69, 9.17) is 21.1 Å². The van der Waals surface area contributed by atoms with Crippen LogP contribution < -0.4 is 19.1 Å². The molecule has 0 unspecified atom stereocenters. The number of methoxy groups -OCH3 is 2. The molecule has 3 aromatic carbocycles. The van der Waals surface area contributed by atoms with Gasteiger partial charge in [-0.1, -0.05) is 48.9 Å². The number of amides is 2. The van der Waals surface area contributed by atoms with Crippen molar-refractivity contribution in [1.82, 2.24) is 10.2 Å². The van der Waals surface area contributed by atoms with Crippen molar-refractivity contribution in [2.45, 2.75) is 57.0 Å². The zero-order valence-electron chi connectivity index (χ0n) is 25.5. The minimum Gasteiger partial charge on any atom is -0.493 e. The van der Waals surface area contributed by atoms with Crippen molar-refractivity contribution in [3.05, 3.63) is 83.4 Å². The van der Waals surface area contributed by atoms with Crippen LogP contribution in [0.25, 0.3) is 0 Å². The Morgan fingerprint density at radius 2 is 1.56 bits per heavy atom. The summed E-state index contributed by atoms with van der Waals surface area (Å²) < 4.78 is 39.9. The molecule has 3 rings (SSSR count). The molecular formula is C32H40ClN3O6S. The first kappa shape index (κ1) is 33.7. The highest BCUT2D eigenvalue weighted by atomic mass is 35.5. The third-order valence-corrected chi connectivity index (χ3v) is 8.73. The van der Waals surface area contributed by atoms with Crippen molar-refractivity contribution in [3.8, 4) is 11.5 Å². The quantitative estimate of drug-likeness (QED) is 0.275. The summed E-state index contributed by atoms with van der Waals surface area (Å²) in [7, 11) is -1.43. The fraction of sp³-hybridized carbons (Fsp3) is 0.375. The second-order valence-corrected chi connectivity index (χ2v) is 13.3. The monoisotopic (exact) mass is 629 g/mol. The number of hydrogen-bond acceptors (Lipinski definition) is 6. The van der Waals surface area contributed by atoms with Gasteiger partial charge >= 0.3 is 0 Å². The number of benzene rings is 3. The maximum Gasteiger partial charge on any atom is 0.264 e. The number of sulfonamides is 1. The van der Waals surface area contributed by atoms with Crippen LogP contribution in [0, 0.1) is 0 Å². The molecule has 11 heteroatoms. The van der Waals surface area contributed by atoms with Crippen molar-refractivity contribution in [1.29, 1.82) is 0 Å². The molecule has 3 aromatic rings. The fourth-order valence-corrected chi connectivity index (χ4v) is 6.15. The molecule has 43 heavy (non-hydrogen) atoms. The smallest absolute Gasteiger partial charge is 0.264 e. The second kappa shape index (κ2) is 14.6. The van der Waals surface area contributed by atoms with Crippen LogP contribution in [0.3, 0.4) is 0 Å². The summed E-state index contributed by atoms with van der Waals surface area (Å²) in [4.78, 5) is 28.9. The lowest BCUT2D eigenvalue weighted by Gasteiger charge is -2.34. The zero-order chi connectivity index (χ0) is 31.8. The Morgan fingerprint density at radius 1 is 0.930 bits per heavy atom. The van der Waals surface area contributed by atoms with E-state index in [1.165, 1.54) is 49.5 Å². The maximum atomic E-state index is 14.2. The Morgan fingerprint density at radius 3 is 2.12 bits per heavy atom. The molecule has 0 radical (unpaired) electrons. The zero-order valence-corrected chi connectivity index (χ0v) is 27.0. The highest BCUT2D eigenvalue weighted by Gasteiger charge is 2.34. The van der Waals surface area contributed by atoms with Gasteiger partial charge in [0.25, 0.3) is 10.0 Å². The number of carbonyl (C=O) groups excluding carboxylic acids is 2. The summed E-state index contributed by atoms with van der Waals surface area (Å²) in [5.74, 6) is -0.248. The Balaban J connectivity index is 2.06. The summed E-state index contributed by atoms with van der Waals surface area (Å²) in [5, 5.41) is 3.38. The highest BCUT2D eigenvalue weighted by Crippen LogP contribution is 2.32. The van der Waals surface area contributed by atoms with E-state index < -0.39 is 34.1 Å². The Bertz CT molecular complexity index is 1490. The number of carbonyl (C=O) groups is 2. The van der Waals surface area contributed by atoms with Gasteiger partial charge in [0, 0.05) is 23.2 Å². The van der Waals surface area contributed by atoms with Crippen LogP contribution in [0.1, 0.15) is 39.7 Å². The summed E-state index contributed by atoms with van der Waals surface area (Å²) in [6.45, 7) is 7.09. The normalized spacial score (nSPS) is 12.3. The number of halogens is 1. The van der Waals surface area contributed by atoms with Gasteiger partial charge in [0.05, 0.1) is 24.8 Å². The van der Waals surface area contributed by atoms with E-state index in [0.29, 0.717) is 23.6 Å². The third-order valence-electron chi connectivity index (χ3n) is 6.70. The molecule has 0 bridgehead atoms.